The maximum atomic E-state index is 12.3. The molecular weight excluding hydrogens is 508 g/mol. The number of fused-ring (bicyclic) bond motifs is 1. The Labute approximate surface area is 239 Å². The molecule has 6 heteroatoms. The van der Waals surface area contributed by atoms with Gasteiger partial charge in [0.05, 0.1) is 22.5 Å². The van der Waals surface area contributed by atoms with Crippen molar-refractivity contribution in [2.24, 2.45) is 4.99 Å². The molecule has 0 aliphatic carbocycles. The van der Waals surface area contributed by atoms with Crippen LogP contribution in [-0.4, -0.2) is 39.7 Å². The van der Waals surface area contributed by atoms with Gasteiger partial charge in [-0.1, -0.05) is 72.7 Å². The first-order valence-corrected chi connectivity index (χ1v) is 13.8. The van der Waals surface area contributed by atoms with Gasteiger partial charge in [0.25, 0.3) is 0 Å². The van der Waals surface area contributed by atoms with Gasteiger partial charge in [-0.15, -0.1) is 0 Å². The molecule has 6 rings (SSSR count). The molecule has 202 valence electrons. The van der Waals surface area contributed by atoms with Crippen molar-refractivity contribution in [2.75, 3.05) is 18.4 Å². The van der Waals surface area contributed by atoms with E-state index in [2.05, 4.69) is 39.2 Å². The van der Waals surface area contributed by atoms with Crippen LogP contribution in [0.1, 0.15) is 35.1 Å². The molecule has 0 atom stereocenters. The highest BCUT2D eigenvalue weighted by molar-refractivity contribution is 6.22. The molecule has 1 amide bonds. The Kier molecular flexibility index (Phi) is 7.61. The zero-order chi connectivity index (χ0) is 28.0. The summed E-state index contributed by atoms with van der Waals surface area (Å²) in [4.78, 5) is 22.9. The van der Waals surface area contributed by atoms with Crippen molar-refractivity contribution in [3.05, 3.63) is 125 Å². The van der Waals surface area contributed by atoms with Crippen LogP contribution in [0.5, 0.6) is 5.88 Å². The van der Waals surface area contributed by atoms with Crippen LogP contribution in [0.4, 0.5) is 11.4 Å². The number of anilines is 1. The van der Waals surface area contributed by atoms with Crippen molar-refractivity contribution in [3.63, 3.8) is 0 Å². The molecular formula is C35H30N4O2. The zero-order valence-corrected chi connectivity index (χ0v) is 22.6. The first-order chi connectivity index (χ1) is 20.1. The molecule has 1 fully saturated rings. The number of benzene rings is 4. The smallest absolute Gasteiger partial charge is 0.300 e. The fourth-order valence-corrected chi connectivity index (χ4v) is 5.18. The quantitative estimate of drug-likeness (QED) is 0.168. The van der Waals surface area contributed by atoms with Crippen LogP contribution in [0.15, 0.2) is 108 Å². The molecule has 5 aromatic rings. The zero-order valence-electron chi connectivity index (χ0n) is 22.6. The number of nitrogens with one attached hydrogen (secondary N) is 2. The summed E-state index contributed by atoms with van der Waals surface area (Å²) in [5, 5.41) is 14.7. The van der Waals surface area contributed by atoms with Gasteiger partial charge in [0.1, 0.15) is 0 Å². The van der Waals surface area contributed by atoms with Crippen molar-refractivity contribution in [2.45, 2.75) is 19.4 Å². The van der Waals surface area contributed by atoms with Gasteiger partial charge in [-0.2, -0.15) is 0 Å². The standard InChI is InChI=1S/C35H30N4O2/c40-32(36-28-11-5-2-6-12-28)20-16-25-15-19-30-31(23-25)38-35(41)33(30)34(27-9-3-1-4-10-27)37-29-17-13-26(14-18-29)24-39-21-7-8-22-39/h1-6,9-15,17-19,23,38,41H,7-8,21-22,24H2,(H,36,40). The van der Waals surface area contributed by atoms with E-state index in [0.29, 0.717) is 28.0 Å². The number of aromatic hydroxyl groups is 1. The normalized spacial score (nSPS) is 13.6. The molecule has 0 radical (unpaired) electrons. The summed E-state index contributed by atoms with van der Waals surface area (Å²) in [6.45, 7) is 3.27. The third-order valence-corrected chi connectivity index (χ3v) is 7.20. The van der Waals surface area contributed by atoms with E-state index >= 15 is 0 Å². The minimum Gasteiger partial charge on any atom is -0.494 e. The summed E-state index contributed by atoms with van der Waals surface area (Å²) in [7, 11) is 0. The monoisotopic (exact) mass is 538 g/mol. The molecule has 3 N–H and O–H groups in total. The summed E-state index contributed by atoms with van der Waals surface area (Å²) in [6, 6.07) is 33.0. The highest BCUT2D eigenvalue weighted by Gasteiger charge is 2.19. The molecule has 1 aromatic heterocycles. The Balaban J connectivity index is 1.31. The Morgan fingerprint density at radius 3 is 2.34 bits per heavy atom. The summed E-state index contributed by atoms with van der Waals surface area (Å²) >= 11 is 0. The fraction of sp³-hybridized carbons (Fsp3) is 0.143. The molecule has 2 heterocycles. The van der Waals surface area contributed by atoms with Crippen molar-refractivity contribution in [1.82, 2.24) is 9.88 Å². The lowest BCUT2D eigenvalue weighted by molar-refractivity contribution is -0.111. The lowest BCUT2D eigenvalue weighted by Crippen LogP contribution is -2.18. The van der Waals surface area contributed by atoms with Crippen LogP contribution in [0.2, 0.25) is 0 Å². The molecule has 1 aliphatic rings. The summed E-state index contributed by atoms with van der Waals surface area (Å²) < 4.78 is 0. The van der Waals surface area contributed by atoms with Crippen LogP contribution >= 0.6 is 0 Å². The third-order valence-electron chi connectivity index (χ3n) is 7.20. The molecule has 0 spiro atoms. The molecule has 1 aliphatic heterocycles. The van der Waals surface area contributed by atoms with Crippen LogP contribution < -0.4 is 5.32 Å². The number of aliphatic imine (C=N–C) groups is 1. The molecule has 41 heavy (non-hydrogen) atoms. The number of hydrogen-bond acceptors (Lipinski definition) is 4. The average molecular weight is 539 g/mol. The summed E-state index contributed by atoms with van der Waals surface area (Å²) in [5.41, 5.74) is 6.32. The lowest BCUT2D eigenvalue weighted by atomic mass is 10.00. The topological polar surface area (TPSA) is 80.7 Å². The fourth-order valence-electron chi connectivity index (χ4n) is 5.18. The van der Waals surface area contributed by atoms with Crippen molar-refractivity contribution < 1.29 is 9.90 Å². The van der Waals surface area contributed by atoms with Gasteiger partial charge in [0.2, 0.25) is 0 Å². The van der Waals surface area contributed by atoms with Crippen molar-refractivity contribution in [1.29, 1.82) is 0 Å². The van der Waals surface area contributed by atoms with E-state index in [-0.39, 0.29) is 5.88 Å². The highest BCUT2D eigenvalue weighted by Crippen LogP contribution is 2.32. The van der Waals surface area contributed by atoms with Gasteiger partial charge in [-0.05, 0) is 67.9 Å². The van der Waals surface area contributed by atoms with E-state index in [1.54, 1.807) is 0 Å². The van der Waals surface area contributed by atoms with E-state index < -0.39 is 5.91 Å². The second-order valence-electron chi connectivity index (χ2n) is 10.2. The number of carbonyl (C=O) groups is 1. The van der Waals surface area contributed by atoms with E-state index in [1.165, 1.54) is 18.4 Å². The highest BCUT2D eigenvalue weighted by atomic mass is 16.3. The van der Waals surface area contributed by atoms with Gasteiger partial charge in [-0.25, -0.2) is 4.99 Å². The Morgan fingerprint density at radius 2 is 1.61 bits per heavy atom. The van der Waals surface area contributed by atoms with Crippen LogP contribution in [-0.2, 0) is 11.3 Å². The number of para-hydroxylation sites is 1. The minimum atomic E-state index is -0.392. The minimum absolute atomic E-state index is 0.0280. The Bertz CT molecular complexity index is 1760. The predicted octanol–water partition coefficient (Wildman–Crippen LogP) is 6.63. The number of hydrogen-bond donors (Lipinski definition) is 3. The van der Waals surface area contributed by atoms with Crippen molar-refractivity contribution >= 4 is 33.9 Å². The number of H-pyrrole nitrogens is 1. The number of nitrogens with zero attached hydrogens (tertiary/aromatic N) is 2. The largest absolute Gasteiger partial charge is 0.494 e. The second kappa shape index (κ2) is 12.0. The summed E-state index contributed by atoms with van der Waals surface area (Å²) in [5.74, 6) is 5.19. The van der Waals surface area contributed by atoms with Gasteiger partial charge >= 0.3 is 5.91 Å². The second-order valence-corrected chi connectivity index (χ2v) is 10.2. The van der Waals surface area contributed by atoms with Crippen LogP contribution in [0.25, 0.3) is 10.9 Å². The number of rotatable bonds is 6. The molecule has 6 nitrogen and oxygen atoms in total. The molecule has 1 saturated heterocycles. The summed E-state index contributed by atoms with van der Waals surface area (Å²) in [6.07, 6.45) is 2.54. The van der Waals surface area contributed by atoms with Gasteiger partial charge < -0.3 is 15.4 Å². The lowest BCUT2D eigenvalue weighted by Gasteiger charge is -2.14. The van der Waals surface area contributed by atoms with Crippen LogP contribution in [0.3, 0.4) is 0 Å². The van der Waals surface area contributed by atoms with E-state index in [9.17, 15) is 9.90 Å². The first kappa shape index (κ1) is 26.1. The Hall–Kier alpha value is -5.12. The SMILES string of the molecule is O=C(C#Cc1ccc2c(C(=Nc3ccc(CN4CCCC4)cc3)c3ccccc3)c(O)[nH]c2c1)Nc1ccccc1. The average Bonchev–Trinajstić information content (AvgIpc) is 3.63. The molecule has 0 bridgehead atoms. The first-order valence-electron chi connectivity index (χ1n) is 13.8. The molecule has 0 saturated carbocycles. The molecule has 4 aromatic carbocycles. The maximum absolute atomic E-state index is 12.3. The molecule has 0 unspecified atom stereocenters. The number of aromatic nitrogens is 1. The number of likely N-dealkylation sites (tertiary alicyclic amines) is 1. The van der Waals surface area contributed by atoms with Gasteiger partial charge in [0, 0.05) is 34.7 Å². The van der Waals surface area contributed by atoms with Gasteiger partial charge in [0.15, 0.2) is 5.88 Å². The number of aromatic amines is 1. The number of carbonyl (C=O) groups excluding carboxylic acids is 1. The van der Waals surface area contributed by atoms with E-state index in [0.717, 1.165) is 36.3 Å². The maximum Gasteiger partial charge on any atom is 0.300 e. The van der Waals surface area contributed by atoms with E-state index in [1.807, 2.05) is 91.0 Å². The van der Waals surface area contributed by atoms with E-state index in [4.69, 9.17) is 4.99 Å². The van der Waals surface area contributed by atoms with Gasteiger partial charge in [-0.3, -0.25) is 9.69 Å². The van der Waals surface area contributed by atoms with Crippen molar-refractivity contribution in [3.8, 4) is 17.7 Å². The third kappa shape index (κ3) is 6.22. The predicted molar refractivity (Wildman–Crippen MR) is 165 cm³/mol. The number of amides is 1. The Morgan fingerprint density at radius 1 is 0.902 bits per heavy atom. The van der Waals surface area contributed by atoms with Crippen LogP contribution in [0, 0.1) is 11.8 Å².